The van der Waals surface area contributed by atoms with Crippen molar-refractivity contribution in [1.29, 1.82) is 0 Å². The predicted molar refractivity (Wildman–Crippen MR) is 202 cm³/mol. The maximum absolute atomic E-state index is 14.2. The number of H-pyrrole nitrogens is 1. The van der Waals surface area contributed by atoms with E-state index in [0.717, 1.165) is 40.7 Å². The highest BCUT2D eigenvalue weighted by atomic mass is 16.2. The first-order valence-electron chi connectivity index (χ1n) is 18.2. The lowest BCUT2D eigenvalue weighted by molar-refractivity contribution is -0.135. The number of hydrogen-bond acceptors (Lipinski definition) is 7. The van der Waals surface area contributed by atoms with Crippen molar-refractivity contribution in [2.75, 3.05) is 46.3 Å². The van der Waals surface area contributed by atoms with E-state index in [1.54, 1.807) is 6.20 Å². The van der Waals surface area contributed by atoms with Crippen LogP contribution in [-0.4, -0.2) is 115 Å². The van der Waals surface area contributed by atoms with Crippen LogP contribution in [0.5, 0.6) is 0 Å². The molecule has 0 radical (unpaired) electrons. The number of hydrogen-bond donors (Lipinski definition) is 6. The fraction of sp³-hybridized carbons (Fsp3) is 0.375. The first-order valence-corrected chi connectivity index (χ1v) is 18.2. The lowest BCUT2D eigenvalue weighted by Crippen LogP contribution is -2.59. The van der Waals surface area contributed by atoms with Crippen molar-refractivity contribution in [3.8, 4) is 0 Å². The smallest absolute Gasteiger partial charge is 0.243 e. The molecule has 2 fully saturated rings. The Bertz CT molecular complexity index is 1880. The first-order chi connectivity index (χ1) is 25.7. The van der Waals surface area contributed by atoms with Crippen molar-refractivity contribution >= 4 is 40.4 Å². The van der Waals surface area contributed by atoms with Gasteiger partial charge in [-0.25, -0.2) is 0 Å². The molecule has 0 unspecified atom stereocenters. The Balaban J connectivity index is 1.29. The Morgan fingerprint density at radius 1 is 0.717 bits per heavy atom. The number of para-hydroxylation sites is 1. The van der Waals surface area contributed by atoms with Crippen LogP contribution in [0.2, 0.25) is 0 Å². The second-order valence-corrected chi connectivity index (χ2v) is 14.0. The average Bonchev–Trinajstić information content (AvgIpc) is 3.56. The Labute approximate surface area is 309 Å². The van der Waals surface area contributed by atoms with Gasteiger partial charge in [0.25, 0.3) is 0 Å². The highest BCUT2D eigenvalue weighted by Gasteiger charge is 2.32. The number of benzene rings is 3. The number of aromatic amines is 1. The predicted octanol–water partition coefficient (Wildman–Crippen LogP) is 0.902. The second-order valence-electron chi connectivity index (χ2n) is 14.0. The van der Waals surface area contributed by atoms with E-state index >= 15 is 0 Å². The molecule has 3 heterocycles. The maximum atomic E-state index is 14.2. The molecule has 0 aliphatic carbocycles. The number of fused-ring (bicyclic) bond motifs is 1. The fourth-order valence-electron chi connectivity index (χ4n) is 6.88. The standard InChI is InChI=1S/C40H48N8O5/c1-47-16-18-48(19-17-47)26-37(50)45-35-23-36(49)44-34(22-29-24-41-32-15-9-8-14-31(29)32)40(53)46-33(21-28-12-6-3-7-13-28)39(52)43-30(25-42-38(35)51)20-27-10-4-2-5-11-27/h2-15,24,30,33-35,41H,16-23,25-26H2,1H3,(H,42,51)(H,43,52)(H,44,49)(H,45,50)(H,46,53)/t30-,33+,34+,35-/m1/s1. The summed E-state index contributed by atoms with van der Waals surface area (Å²) in [6.07, 6.45) is 2.12. The van der Waals surface area contributed by atoms with Gasteiger partial charge in [0.05, 0.1) is 19.0 Å². The van der Waals surface area contributed by atoms with Crippen molar-refractivity contribution < 1.29 is 24.0 Å². The van der Waals surface area contributed by atoms with Gasteiger partial charge in [0.15, 0.2) is 0 Å². The molecule has 1 aromatic heterocycles. The van der Waals surface area contributed by atoms with E-state index in [1.807, 2.05) is 96.9 Å². The van der Waals surface area contributed by atoms with Crippen LogP contribution in [0.15, 0.2) is 91.1 Å². The number of amides is 5. The summed E-state index contributed by atoms with van der Waals surface area (Å²) < 4.78 is 0. The van der Waals surface area contributed by atoms with Crippen molar-refractivity contribution in [3.05, 3.63) is 108 Å². The van der Waals surface area contributed by atoms with E-state index in [9.17, 15) is 24.0 Å². The molecule has 3 aromatic carbocycles. The molecular weight excluding hydrogens is 672 g/mol. The third-order valence-corrected chi connectivity index (χ3v) is 9.86. The summed E-state index contributed by atoms with van der Waals surface area (Å²) in [6, 6.07) is 22.7. The van der Waals surface area contributed by atoms with Crippen LogP contribution < -0.4 is 26.6 Å². The molecule has 53 heavy (non-hydrogen) atoms. The van der Waals surface area contributed by atoms with Gasteiger partial charge < -0.3 is 36.5 Å². The molecule has 5 amide bonds. The summed E-state index contributed by atoms with van der Waals surface area (Å²) in [4.78, 5) is 76.6. The van der Waals surface area contributed by atoms with Gasteiger partial charge in [-0.1, -0.05) is 78.9 Å². The average molecular weight is 721 g/mol. The molecule has 278 valence electrons. The van der Waals surface area contributed by atoms with E-state index in [2.05, 4.69) is 36.5 Å². The van der Waals surface area contributed by atoms with Gasteiger partial charge in [-0.2, -0.15) is 0 Å². The summed E-state index contributed by atoms with van der Waals surface area (Å²) in [7, 11) is 2.03. The summed E-state index contributed by atoms with van der Waals surface area (Å²) in [5, 5.41) is 15.4. The molecule has 0 spiro atoms. The van der Waals surface area contributed by atoms with Crippen LogP contribution in [0.3, 0.4) is 0 Å². The van der Waals surface area contributed by atoms with Crippen molar-refractivity contribution in [2.45, 2.75) is 49.9 Å². The number of likely N-dealkylation sites (N-methyl/N-ethyl adjacent to an activating group) is 1. The zero-order chi connectivity index (χ0) is 37.2. The maximum Gasteiger partial charge on any atom is 0.243 e. The second kappa shape index (κ2) is 17.8. The van der Waals surface area contributed by atoms with E-state index in [0.29, 0.717) is 19.5 Å². The van der Waals surface area contributed by atoms with Crippen LogP contribution >= 0.6 is 0 Å². The molecule has 13 nitrogen and oxygen atoms in total. The van der Waals surface area contributed by atoms with Crippen LogP contribution in [0.1, 0.15) is 23.1 Å². The van der Waals surface area contributed by atoms with Crippen molar-refractivity contribution in [2.24, 2.45) is 0 Å². The van der Waals surface area contributed by atoms with Gasteiger partial charge >= 0.3 is 0 Å². The number of piperazine rings is 1. The minimum atomic E-state index is -1.21. The van der Waals surface area contributed by atoms with E-state index < -0.39 is 47.8 Å². The van der Waals surface area contributed by atoms with Crippen LogP contribution in [0.25, 0.3) is 10.9 Å². The number of carbonyl (C=O) groups excluding carboxylic acids is 5. The van der Waals surface area contributed by atoms with Gasteiger partial charge in [0.1, 0.15) is 18.1 Å². The minimum Gasteiger partial charge on any atom is -0.361 e. The molecule has 6 N–H and O–H groups in total. The summed E-state index contributed by atoms with van der Waals surface area (Å²) >= 11 is 0. The van der Waals surface area contributed by atoms with Gasteiger partial charge in [-0.15, -0.1) is 0 Å². The topological polar surface area (TPSA) is 168 Å². The van der Waals surface area contributed by atoms with Gasteiger partial charge in [-0.3, -0.25) is 28.9 Å². The van der Waals surface area contributed by atoms with Gasteiger partial charge in [0, 0.05) is 62.7 Å². The monoisotopic (exact) mass is 720 g/mol. The van der Waals surface area contributed by atoms with Crippen LogP contribution in [0, 0.1) is 0 Å². The quantitative estimate of drug-likeness (QED) is 0.150. The molecule has 0 bridgehead atoms. The largest absolute Gasteiger partial charge is 0.361 e. The Morgan fingerprint density at radius 3 is 2.06 bits per heavy atom. The molecule has 2 aliphatic heterocycles. The SMILES string of the molecule is CN1CCN(CC(=O)N[C@@H]2CC(=O)N[C@@H](Cc3c[nH]c4ccccc34)C(=O)N[C@@H](Cc3ccccc3)C(=O)N[C@H](Cc3ccccc3)CNC2=O)CC1. The molecule has 4 aromatic rings. The zero-order valence-electron chi connectivity index (χ0n) is 30.0. The Kier molecular flexibility index (Phi) is 12.5. The molecular formula is C40H48N8O5. The highest BCUT2D eigenvalue weighted by Crippen LogP contribution is 2.20. The first kappa shape index (κ1) is 37.2. The molecule has 4 atom stereocenters. The lowest BCUT2D eigenvalue weighted by atomic mass is 10.0. The summed E-state index contributed by atoms with van der Waals surface area (Å²) in [5.41, 5.74) is 3.45. The Hall–Kier alpha value is -5.53. The lowest BCUT2D eigenvalue weighted by Gasteiger charge is -2.32. The fourth-order valence-corrected chi connectivity index (χ4v) is 6.88. The summed E-state index contributed by atoms with van der Waals surface area (Å²) in [6.45, 7) is 3.16. The number of nitrogens with one attached hydrogen (secondary N) is 6. The number of aromatic nitrogens is 1. The van der Waals surface area contributed by atoms with Crippen molar-refractivity contribution in [3.63, 3.8) is 0 Å². The van der Waals surface area contributed by atoms with E-state index in [1.165, 1.54) is 0 Å². The zero-order valence-corrected chi connectivity index (χ0v) is 30.0. The molecule has 2 saturated heterocycles. The molecule has 2 aliphatic rings. The highest BCUT2D eigenvalue weighted by molar-refractivity contribution is 5.96. The minimum absolute atomic E-state index is 0.0289. The Morgan fingerprint density at radius 2 is 1.34 bits per heavy atom. The van der Waals surface area contributed by atoms with Crippen molar-refractivity contribution in [1.82, 2.24) is 41.4 Å². The van der Waals surface area contributed by atoms with Crippen LogP contribution in [0.4, 0.5) is 0 Å². The number of nitrogens with zero attached hydrogens (tertiary/aromatic N) is 2. The molecule has 0 saturated carbocycles. The van der Waals surface area contributed by atoms with Crippen LogP contribution in [-0.2, 0) is 43.2 Å². The van der Waals surface area contributed by atoms with Gasteiger partial charge in [0.2, 0.25) is 29.5 Å². The van der Waals surface area contributed by atoms with Gasteiger partial charge in [-0.05, 0) is 36.2 Å². The van der Waals surface area contributed by atoms with E-state index in [-0.39, 0.29) is 38.3 Å². The summed E-state index contributed by atoms with van der Waals surface area (Å²) in [5.74, 6) is -2.50. The number of carbonyl (C=O) groups is 5. The van der Waals surface area contributed by atoms with E-state index in [4.69, 9.17) is 0 Å². The normalized spacial score (nSPS) is 22.6. The third-order valence-electron chi connectivity index (χ3n) is 9.86. The molecule has 6 rings (SSSR count). The third kappa shape index (κ3) is 10.5. The molecule has 13 heteroatoms. The number of rotatable bonds is 9.